The third-order valence-electron chi connectivity index (χ3n) is 10.1. The van der Waals surface area contributed by atoms with Crippen LogP contribution in [0.3, 0.4) is 0 Å². The topological polar surface area (TPSA) is 37.3 Å². The molecule has 164 valence electrons. The fourth-order valence-electron chi connectivity index (χ4n) is 8.59. The van der Waals surface area contributed by atoms with Crippen molar-refractivity contribution in [2.24, 2.45) is 46.3 Å². The summed E-state index contributed by atoms with van der Waals surface area (Å²) in [5.41, 5.74) is 1.51. The number of aldehydes is 1. The molecule has 8 atom stereocenters. The number of hydrogen-bond acceptors (Lipinski definition) is 2. The largest absolute Gasteiger partial charge is 0.393 e. The molecule has 0 aromatic rings. The average Bonchev–Trinajstić information content (AvgIpc) is 3.04. The Hall–Kier alpha value is -0.630. The molecule has 0 aliphatic heterocycles. The molecule has 0 aromatic heterocycles. The van der Waals surface area contributed by atoms with E-state index in [4.69, 9.17) is 0 Å². The SMILES string of the molecule is CC(C)CCC[C@@H](C)[C@H]1CC[C@H]2[C@@H]3CC=C4C[C@@H](O)CC[C@]4(C=O)[C@H]3CC[C@]12C. The predicted octanol–water partition coefficient (Wildman–Crippen LogP) is 6.57. The summed E-state index contributed by atoms with van der Waals surface area (Å²) in [5.74, 6) is 4.53. The van der Waals surface area contributed by atoms with Gasteiger partial charge in [-0.3, -0.25) is 0 Å². The van der Waals surface area contributed by atoms with Crippen LogP contribution in [-0.2, 0) is 4.79 Å². The molecule has 4 aliphatic rings. The summed E-state index contributed by atoms with van der Waals surface area (Å²) in [4.78, 5) is 12.5. The zero-order valence-corrected chi connectivity index (χ0v) is 19.3. The van der Waals surface area contributed by atoms with Gasteiger partial charge in [-0.25, -0.2) is 0 Å². The molecule has 4 rings (SSSR count). The van der Waals surface area contributed by atoms with Gasteiger partial charge in [0.25, 0.3) is 0 Å². The molecule has 0 unspecified atom stereocenters. The van der Waals surface area contributed by atoms with E-state index in [0.717, 1.165) is 49.4 Å². The van der Waals surface area contributed by atoms with Crippen molar-refractivity contribution in [2.45, 2.75) is 104 Å². The number of carbonyl (C=O) groups excluding carboxylic acids is 1. The third kappa shape index (κ3) is 3.56. The Kier molecular flexibility index (Phi) is 6.06. The van der Waals surface area contributed by atoms with Crippen molar-refractivity contribution < 1.29 is 9.90 Å². The zero-order chi connectivity index (χ0) is 20.8. The minimum absolute atomic E-state index is 0.234. The van der Waals surface area contributed by atoms with Crippen LogP contribution in [0.25, 0.3) is 0 Å². The summed E-state index contributed by atoms with van der Waals surface area (Å²) in [5, 5.41) is 10.2. The van der Waals surface area contributed by atoms with Gasteiger partial charge in [0.2, 0.25) is 0 Å². The number of aliphatic hydroxyl groups is 1. The highest BCUT2D eigenvalue weighted by Crippen LogP contribution is 2.67. The standard InChI is InChI=1S/C27H44O2/c1-18(2)6-5-7-19(3)23-10-11-24-22-9-8-20-16-21(29)12-15-27(20,17-28)25(22)13-14-26(23,24)4/h8,17-19,21-25,29H,5-7,9-16H2,1-4H3/t19-,21+,22+,23-,24+,25+,26-,27-/m1/s1. The number of aliphatic hydroxyl groups excluding tert-OH is 1. The van der Waals surface area contributed by atoms with Crippen molar-refractivity contribution in [3.63, 3.8) is 0 Å². The number of hydrogen-bond donors (Lipinski definition) is 1. The summed E-state index contributed by atoms with van der Waals surface area (Å²) in [6.45, 7) is 9.83. The molecule has 0 spiro atoms. The van der Waals surface area contributed by atoms with Crippen molar-refractivity contribution in [3.8, 4) is 0 Å². The second-order valence-corrected chi connectivity index (χ2v) is 11.9. The lowest BCUT2D eigenvalue weighted by atomic mass is 9.46. The molecule has 0 heterocycles. The second-order valence-electron chi connectivity index (χ2n) is 11.9. The van der Waals surface area contributed by atoms with E-state index in [-0.39, 0.29) is 11.5 Å². The van der Waals surface area contributed by atoms with Gasteiger partial charge in [-0.15, -0.1) is 0 Å². The highest BCUT2D eigenvalue weighted by atomic mass is 16.3. The van der Waals surface area contributed by atoms with Gasteiger partial charge in [-0.05, 0) is 92.3 Å². The predicted molar refractivity (Wildman–Crippen MR) is 119 cm³/mol. The van der Waals surface area contributed by atoms with E-state index in [1.165, 1.54) is 56.8 Å². The average molecular weight is 401 g/mol. The van der Waals surface area contributed by atoms with Gasteiger partial charge < -0.3 is 9.90 Å². The molecule has 1 N–H and O–H groups in total. The Balaban J connectivity index is 1.52. The van der Waals surface area contributed by atoms with Gasteiger partial charge in [0, 0.05) is 0 Å². The first-order valence-corrected chi connectivity index (χ1v) is 12.7. The molecule has 3 saturated carbocycles. The molecule has 2 heteroatoms. The number of fused-ring (bicyclic) bond motifs is 5. The fourth-order valence-corrected chi connectivity index (χ4v) is 8.59. The quantitative estimate of drug-likeness (QED) is 0.404. The summed E-state index contributed by atoms with van der Waals surface area (Å²) in [6, 6.07) is 0. The van der Waals surface area contributed by atoms with E-state index in [1.807, 2.05) is 0 Å². The molecule has 29 heavy (non-hydrogen) atoms. The number of carbonyl (C=O) groups is 1. The van der Waals surface area contributed by atoms with Gasteiger partial charge in [-0.1, -0.05) is 58.6 Å². The molecule has 0 amide bonds. The zero-order valence-electron chi connectivity index (χ0n) is 19.3. The Labute approximate surface area is 178 Å². The molecule has 3 fully saturated rings. The summed E-state index contributed by atoms with van der Waals surface area (Å²) >= 11 is 0. The van der Waals surface area contributed by atoms with Crippen LogP contribution in [0, 0.1) is 46.3 Å². The maximum absolute atomic E-state index is 12.5. The highest BCUT2D eigenvalue weighted by Gasteiger charge is 2.60. The van der Waals surface area contributed by atoms with Gasteiger partial charge in [0.05, 0.1) is 11.5 Å². The monoisotopic (exact) mass is 400 g/mol. The van der Waals surface area contributed by atoms with Crippen LogP contribution in [0.1, 0.15) is 98.3 Å². The maximum Gasteiger partial charge on any atom is 0.130 e. The van der Waals surface area contributed by atoms with Gasteiger partial charge in [0.1, 0.15) is 6.29 Å². The smallest absolute Gasteiger partial charge is 0.130 e. The molecular formula is C27H44O2. The lowest BCUT2D eigenvalue weighted by molar-refractivity contribution is -0.127. The molecule has 0 radical (unpaired) electrons. The number of allylic oxidation sites excluding steroid dienone is 1. The number of rotatable bonds is 6. The third-order valence-corrected chi connectivity index (χ3v) is 10.1. The Morgan fingerprint density at radius 1 is 1.10 bits per heavy atom. The summed E-state index contributed by atoms with van der Waals surface area (Å²) in [6.07, 6.45) is 16.5. The lowest BCUT2D eigenvalue weighted by Crippen LogP contribution is -2.52. The van der Waals surface area contributed by atoms with Crippen LogP contribution in [0.2, 0.25) is 0 Å². The van der Waals surface area contributed by atoms with Gasteiger partial charge >= 0.3 is 0 Å². The summed E-state index contributed by atoms with van der Waals surface area (Å²) < 4.78 is 0. The van der Waals surface area contributed by atoms with Crippen molar-refractivity contribution in [3.05, 3.63) is 11.6 Å². The minimum atomic E-state index is -0.246. The van der Waals surface area contributed by atoms with Crippen LogP contribution in [0.5, 0.6) is 0 Å². The van der Waals surface area contributed by atoms with Gasteiger partial charge in [-0.2, -0.15) is 0 Å². The van der Waals surface area contributed by atoms with E-state index in [9.17, 15) is 9.90 Å². The fraction of sp³-hybridized carbons (Fsp3) is 0.889. The van der Waals surface area contributed by atoms with Crippen molar-refractivity contribution in [2.75, 3.05) is 0 Å². The molecule has 4 aliphatic carbocycles. The first-order chi connectivity index (χ1) is 13.8. The van der Waals surface area contributed by atoms with E-state index in [2.05, 4.69) is 33.8 Å². The molecule has 0 aromatic carbocycles. The molecule has 0 bridgehead atoms. The Morgan fingerprint density at radius 2 is 1.90 bits per heavy atom. The highest BCUT2D eigenvalue weighted by molar-refractivity contribution is 5.67. The molecule has 2 nitrogen and oxygen atoms in total. The van der Waals surface area contributed by atoms with Crippen LogP contribution in [-0.4, -0.2) is 17.5 Å². The van der Waals surface area contributed by atoms with Crippen molar-refractivity contribution >= 4 is 6.29 Å². The second kappa shape index (κ2) is 8.13. The molecule has 0 saturated heterocycles. The van der Waals surface area contributed by atoms with Crippen molar-refractivity contribution in [1.82, 2.24) is 0 Å². The van der Waals surface area contributed by atoms with E-state index >= 15 is 0 Å². The minimum Gasteiger partial charge on any atom is -0.393 e. The first kappa shape index (κ1) is 21.6. The Morgan fingerprint density at radius 3 is 2.62 bits per heavy atom. The summed E-state index contributed by atoms with van der Waals surface area (Å²) in [7, 11) is 0. The normalized spacial score (nSPS) is 45.2. The van der Waals surface area contributed by atoms with Crippen LogP contribution in [0.15, 0.2) is 11.6 Å². The van der Waals surface area contributed by atoms with Crippen LogP contribution in [0.4, 0.5) is 0 Å². The van der Waals surface area contributed by atoms with Crippen LogP contribution >= 0.6 is 0 Å². The first-order valence-electron chi connectivity index (χ1n) is 12.7. The van der Waals surface area contributed by atoms with E-state index < -0.39 is 0 Å². The molecular weight excluding hydrogens is 356 g/mol. The van der Waals surface area contributed by atoms with Gasteiger partial charge in [0.15, 0.2) is 0 Å². The maximum atomic E-state index is 12.5. The van der Waals surface area contributed by atoms with E-state index in [0.29, 0.717) is 17.3 Å². The van der Waals surface area contributed by atoms with Crippen LogP contribution < -0.4 is 0 Å². The Bertz CT molecular complexity index is 636. The van der Waals surface area contributed by atoms with Crippen molar-refractivity contribution in [1.29, 1.82) is 0 Å². The lowest BCUT2D eigenvalue weighted by Gasteiger charge is -2.57. The van der Waals surface area contributed by atoms with E-state index in [1.54, 1.807) is 0 Å².